The Bertz CT molecular complexity index is 1000. The van der Waals surface area contributed by atoms with Crippen LogP contribution >= 0.6 is 11.6 Å². The number of halogens is 1. The predicted molar refractivity (Wildman–Crippen MR) is 121 cm³/mol. The van der Waals surface area contributed by atoms with E-state index in [2.05, 4.69) is 17.2 Å². The number of nitrogens with zero attached hydrogens (tertiary/aromatic N) is 1. The Morgan fingerprint density at radius 3 is 2.61 bits per heavy atom. The van der Waals surface area contributed by atoms with Crippen molar-refractivity contribution in [3.63, 3.8) is 0 Å². The van der Waals surface area contributed by atoms with Gasteiger partial charge in [0.05, 0.1) is 17.8 Å². The molecule has 0 radical (unpaired) electrons. The number of phenolic OH excluding ortho intramolecular Hbond substituents is 1. The molecule has 2 heterocycles. The number of benzene rings is 1. The molecular formula is C23H28ClN3O4. The minimum atomic E-state index is -0.335. The van der Waals surface area contributed by atoms with Gasteiger partial charge in [0.1, 0.15) is 11.5 Å². The van der Waals surface area contributed by atoms with E-state index in [1.54, 1.807) is 17.0 Å². The summed E-state index contributed by atoms with van der Waals surface area (Å²) in [6.45, 7) is 12.4. The maximum Gasteiger partial charge on any atom is 0.287 e. The van der Waals surface area contributed by atoms with Gasteiger partial charge in [0.2, 0.25) is 5.91 Å². The SMILES string of the molecule is C=CC(=O)N1CC(NC(=O)c2ccc(C(C)Nc3cc(C(C)(C)C)c(Cl)cc3O)o2)C1. The zero-order chi connectivity index (χ0) is 22.9. The van der Waals surface area contributed by atoms with Crippen molar-refractivity contribution in [1.29, 1.82) is 0 Å². The van der Waals surface area contributed by atoms with Crippen molar-refractivity contribution in [2.75, 3.05) is 18.4 Å². The number of carbonyl (C=O) groups is 2. The number of furan rings is 1. The highest BCUT2D eigenvalue weighted by atomic mass is 35.5. The molecule has 0 saturated carbocycles. The smallest absolute Gasteiger partial charge is 0.287 e. The maximum atomic E-state index is 12.4. The van der Waals surface area contributed by atoms with Crippen molar-refractivity contribution in [3.05, 3.63) is 59.0 Å². The van der Waals surface area contributed by atoms with Gasteiger partial charge in [-0.2, -0.15) is 0 Å². The highest BCUT2D eigenvalue weighted by molar-refractivity contribution is 6.31. The highest BCUT2D eigenvalue weighted by Crippen LogP contribution is 2.38. The lowest BCUT2D eigenvalue weighted by Gasteiger charge is -2.38. The van der Waals surface area contributed by atoms with Crippen LogP contribution < -0.4 is 10.6 Å². The Morgan fingerprint density at radius 1 is 1.32 bits per heavy atom. The van der Waals surface area contributed by atoms with Gasteiger partial charge in [0.25, 0.3) is 5.91 Å². The predicted octanol–water partition coefficient (Wildman–Crippen LogP) is 4.24. The zero-order valence-electron chi connectivity index (χ0n) is 18.2. The minimum absolute atomic E-state index is 0.0398. The summed E-state index contributed by atoms with van der Waals surface area (Å²) in [7, 11) is 0. The maximum absolute atomic E-state index is 12.4. The van der Waals surface area contributed by atoms with Crippen molar-refractivity contribution in [1.82, 2.24) is 10.2 Å². The number of hydrogen-bond donors (Lipinski definition) is 3. The topological polar surface area (TPSA) is 94.8 Å². The van der Waals surface area contributed by atoms with Gasteiger partial charge < -0.3 is 25.1 Å². The largest absolute Gasteiger partial charge is 0.506 e. The van der Waals surface area contributed by atoms with Crippen LogP contribution in [0.25, 0.3) is 0 Å². The summed E-state index contributed by atoms with van der Waals surface area (Å²) in [6, 6.07) is 6.28. The molecule has 1 aliphatic heterocycles. The lowest BCUT2D eigenvalue weighted by molar-refractivity contribution is -0.130. The van der Waals surface area contributed by atoms with Gasteiger partial charge in [0.15, 0.2) is 5.76 Å². The van der Waals surface area contributed by atoms with Gasteiger partial charge in [-0.1, -0.05) is 39.0 Å². The van der Waals surface area contributed by atoms with Crippen LogP contribution in [0.15, 0.2) is 41.3 Å². The molecule has 1 atom stereocenters. The second kappa shape index (κ2) is 8.67. The summed E-state index contributed by atoms with van der Waals surface area (Å²) in [5.41, 5.74) is 1.25. The van der Waals surface area contributed by atoms with Crippen molar-refractivity contribution in [2.24, 2.45) is 0 Å². The van der Waals surface area contributed by atoms with E-state index in [1.165, 1.54) is 12.1 Å². The summed E-state index contributed by atoms with van der Waals surface area (Å²) >= 11 is 6.29. The molecule has 8 heteroatoms. The molecule has 0 spiro atoms. The zero-order valence-corrected chi connectivity index (χ0v) is 18.9. The van der Waals surface area contributed by atoms with Crippen molar-refractivity contribution in [3.8, 4) is 5.75 Å². The Balaban J connectivity index is 1.64. The molecule has 2 aromatic rings. The fourth-order valence-electron chi connectivity index (χ4n) is 3.40. The van der Waals surface area contributed by atoms with Crippen molar-refractivity contribution in [2.45, 2.75) is 45.2 Å². The van der Waals surface area contributed by atoms with E-state index in [-0.39, 0.29) is 40.8 Å². The first kappa shape index (κ1) is 22.7. The standard InChI is InChI=1S/C23H28ClN3O4/c1-6-21(29)27-11-14(12-27)26-22(30)20-8-7-19(31-20)13(2)25-17-9-15(23(3,4)5)16(24)10-18(17)28/h6-10,13-14,25,28H,1,11-12H2,2-5H3,(H,26,30). The molecule has 0 bridgehead atoms. The number of carbonyl (C=O) groups excluding carboxylic acids is 2. The van der Waals surface area contributed by atoms with E-state index in [4.69, 9.17) is 16.0 Å². The second-order valence-electron chi connectivity index (χ2n) is 8.78. The monoisotopic (exact) mass is 445 g/mol. The average Bonchev–Trinajstić information content (AvgIpc) is 3.15. The van der Waals surface area contributed by atoms with Crippen LogP contribution in [0.2, 0.25) is 5.02 Å². The van der Waals surface area contributed by atoms with Crippen molar-refractivity contribution < 1.29 is 19.1 Å². The van der Waals surface area contributed by atoms with Crippen LogP contribution in [0.4, 0.5) is 5.69 Å². The Kier molecular flexibility index (Phi) is 6.36. The molecule has 1 fully saturated rings. The van der Waals surface area contributed by atoms with E-state index in [9.17, 15) is 14.7 Å². The number of rotatable bonds is 6. The van der Waals surface area contributed by atoms with E-state index in [1.807, 2.05) is 33.8 Å². The lowest BCUT2D eigenvalue weighted by atomic mass is 9.86. The van der Waals surface area contributed by atoms with Gasteiger partial charge >= 0.3 is 0 Å². The Labute approximate surface area is 187 Å². The molecule has 3 rings (SSSR count). The molecule has 3 N–H and O–H groups in total. The molecular weight excluding hydrogens is 418 g/mol. The number of anilines is 1. The van der Waals surface area contributed by atoms with Crippen LogP contribution in [-0.4, -0.2) is 41.0 Å². The van der Waals surface area contributed by atoms with Crippen LogP contribution in [0.5, 0.6) is 5.75 Å². The summed E-state index contributed by atoms with van der Waals surface area (Å²) in [6.07, 6.45) is 1.26. The normalized spacial score (nSPS) is 15.2. The third kappa shape index (κ3) is 5.05. The number of hydrogen-bond acceptors (Lipinski definition) is 5. The van der Waals surface area contributed by atoms with Crippen LogP contribution in [0.1, 0.15) is 55.6 Å². The van der Waals surface area contributed by atoms with Crippen LogP contribution in [-0.2, 0) is 10.2 Å². The number of phenols is 1. The first-order valence-electron chi connectivity index (χ1n) is 10.1. The molecule has 1 aliphatic rings. The fourth-order valence-corrected chi connectivity index (χ4v) is 3.84. The third-order valence-corrected chi connectivity index (χ3v) is 5.56. The number of likely N-dealkylation sites (tertiary alicyclic amines) is 1. The summed E-state index contributed by atoms with van der Waals surface area (Å²) < 4.78 is 5.73. The second-order valence-corrected chi connectivity index (χ2v) is 9.19. The molecule has 1 aromatic heterocycles. The van der Waals surface area contributed by atoms with Gasteiger partial charge in [-0.15, -0.1) is 0 Å². The summed E-state index contributed by atoms with van der Waals surface area (Å²) in [5.74, 6) is 0.295. The molecule has 166 valence electrons. The van der Waals surface area contributed by atoms with Crippen molar-refractivity contribution >= 4 is 29.1 Å². The molecule has 1 unspecified atom stereocenters. The van der Waals surface area contributed by atoms with E-state index >= 15 is 0 Å². The van der Waals surface area contributed by atoms with E-state index < -0.39 is 0 Å². The summed E-state index contributed by atoms with van der Waals surface area (Å²) in [4.78, 5) is 25.5. The average molecular weight is 446 g/mol. The van der Waals surface area contributed by atoms with E-state index in [0.717, 1.165) is 5.56 Å². The highest BCUT2D eigenvalue weighted by Gasteiger charge is 2.31. The molecule has 7 nitrogen and oxygen atoms in total. The van der Waals surface area contributed by atoms with Gasteiger partial charge in [-0.25, -0.2) is 0 Å². The third-order valence-electron chi connectivity index (χ3n) is 5.25. The first-order valence-corrected chi connectivity index (χ1v) is 10.5. The van der Waals surface area contributed by atoms with Gasteiger partial charge in [-0.05, 0) is 42.2 Å². The first-order chi connectivity index (χ1) is 14.5. The molecule has 2 amide bonds. The Hall–Kier alpha value is -2.93. The number of amides is 2. The van der Waals surface area contributed by atoms with E-state index in [0.29, 0.717) is 29.6 Å². The molecule has 1 aromatic carbocycles. The number of aromatic hydroxyl groups is 1. The summed E-state index contributed by atoms with van der Waals surface area (Å²) in [5, 5.41) is 16.9. The van der Waals surface area contributed by atoms with Gasteiger partial charge in [-0.3, -0.25) is 9.59 Å². The van der Waals surface area contributed by atoms with Crippen LogP contribution in [0, 0.1) is 0 Å². The lowest BCUT2D eigenvalue weighted by Crippen LogP contribution is -2.60. The minimum Gasteiger partial charge on any atom is -0.506 e. The molecule has 31 heavy (non-hydrogen) atoms. The number of nitrogens with one attached hydrogen (secondary N) is 2. The van der Waals surface area contributed by atoms with Crippen LogP contribution in [0.3, 0.4) is 0 Å². The van der Waals surface area contributed by atoms with Gasteiger partial charge in [0, 0.05) is 24.2 Å². The molecule has 1 saturated heterocycles. The fraction of sp³-hybridized carbons (Fsp3) is 0.391. The molecule has 0 aliphatic carbocycles. The Morgan fingerprint density at radius 2 is 2.00 bits per heavy atom. The quantitative estimate of drug-likeness (QED) is 0.456.